The van der Waals surface area contributed by atoms with E-state index in [-0.39, 0.29) is 42.3 Å². The molecule has 6 heterocycles. The molecule has 0 aromatic heterocycles. The van der Waals surface area contributed by atoms with Crippen LogP contribution in [0.25, 0.3) is 0 Å². The fourth-order valence-electron chi connectivity index (χ4n) is 15.1. The van der Waals surface area contributed by atoms with Gasteiger partial charge in [-0.15, -0.1) is 0 Å². The number of ketones is 1. The van der Waals surface area contributed by atoms with Crippen LogP contribution in [0.4, 0.5) is 0 Å². The van der Waals surface area contributed by atoms with Gasteiger partial charge in [0.2, 0.25) is 0 Å². The molecule has 294 valence electrons. The Bertz CT molecular complexity index is 1710. The van der Waals surface area contributed by atoms with E-state index in [1.54, 1.807) is 6.34 Å². The van der Waals surface area contributed by atoms with Gasteiger partial charge in [-0.3, -0.25) is 14.6 Å². The summed E-state index contributed by atoms with van der Waals surface area (Å²) in [7, 11) is 0. The van der Waals surface area contributed by atoms with E-state index in [2.05, 4.69) is 23.0 Å². The molecule has 8 fully saturated rings. The van der Waals surface area contributed by atoms with Gasteiger partial charge in [-0.2, -0.15) is 0 Å². The number of aliphatic hydroxyl groups is 3. The summed E-state index contributed by atoms with van der Waals surface area (Å²) >= 11 is 0. The van der Waals surface area contributed by atoms with Gasteiger partial charge in [-0.25, -0.2) is 9.79 Å². The number of aliphatic hydroxyl groups excluding tert-OH is 1. The van der Waals surface area contributed by atoms with Gasteiger partial charge < -0.3 is 28.8 Å². The van der Waals surface area contributed by atoms with Crippen molar-refractivity contribution in [2.45, 2.75) is 165 Å². The number of hydrogen-bond acceptors (Lipinski definition) is 10. The fourth-order valence-corrected chi connectivity index (χ4v) is 15.1. The molecule has 0 radical (unpaired) electrons. The molecular formula is C43H59N2O9+. The number of aliphatic imine (C=N–C) groups is 2. The molecule has 0 aromatic rings. The van der Waals surface area contributed by atoms with Crippen LogP contribution in [-0.2, 0) is 33.3 Å². The average molecular weight is 748 g/mol. The first kappa shape index (κ1) is 35.9. The molecule has 6 aliphatic heterocycles. The Morgan fingerprint density at radius 3 is 2.46 bits per heavy atom. The highest BCUT2D eigenvalue weighted by Gasteiger charge is 2.93. The van der Waals surface area contributed by atoms with E-state index >= 15 is 4.79 Å². The highest BCUT2D eigenvalue weighted by molar-refractivity contribution is 5.96. The SMILES string of the molecule is CC1(C)OC2C3(CCCC3)C(=O)OCC23C1C(=O)C(O)C1(C2CCCC2)C3CCC2(C)C(C3=CC[OH+]C3CCCCCCC3=NC=NC3)OC(=O)C3OC321. The summed E-state index contributed by atoms with van der Waals surface area (Å²) in [5, 5.41) is 13.1. The second-order valence-corrected chi connectivity index (χ2v) is 19.6. The van der Waals surface area contributed by atoms with Crippen molar-refractivity contribution >= 4 is 29.8 Å². The number of cyclic esters (lactones) is 2. The first-order valence-electron chi connectivity index (χ1n) is 21.3. The number of hydrogen-bond donors (Lipinski definition) is 1. The largest absolute Gasteiger partial charge is 0.464 e. The summed E-state index contributed by atoms with van der Waals surface area (Å²) in [6.07, 6.45) is 15.1. The smallest absolute Gasteiger partial charge is 0.339 e. The van der Waals surface area contributed by atoms with Crippen molar-refractivity contribution in [2.75, 3.05) is 19.8 Å². The topological polar surface area (TPSA) is 149 Å². The number of carbonyl (C=O) groups excluding carboxylic acids is 3. The number of unbranched alkanes of at least 4 members (excludes halogenated alkanes) is 3. The van der Waals surface area contributed by atoms with Crippen LogP contribution in [0.15, 0.2) is 21.6 Å². The zero-order chi connectivity index (χ0) is 37.3. The zero-order valence-electron chi connectivity index (χ0n) is 32.4. The molecule has 11 heteroatoms. The zero-order valence-corrected chi connectivity index (χ0v) is 32.4. The molecule has 0 amide bonds. The lowest BCUT2D eigenvalue weighted by Crippen LogP contribution is -2.80. The van der Waals surface area contributed by atoms with Crippen LogP contribution in [0.5, 0.6) is 0 Å². The van der Waals surface area contributed by atoms with Crippen molar-refractivity contribution in [1.82, 2.24) is 0 Å². The predicted molar refractivity (Wildman–Crippen MR) is 198 cm³/mol. The minimum absolute atomic E-state index is 0.0331. The number of nitrogens with zero attached hydrogens (tertiary/aromatic N) is 2. The predicted octanol–water partition coefficient (Wildman–Crippen LogP) is 5.14. The summed E-state index contributed by atoms with van der Waals surface area (Å²) in [5.41, 5.74) is -3.16. The van der Waals surface area contributed by atoms with Crippen LogP contribution in [-0.4, -0.2) is 101 Å². The summed E-state index contributed by atoms with van der Waals surface area (Å²) in [6.45, 7) is 7.59. The highest BCUT2D eigenvalue weighted by atomic mass is 16.7. The normalized spacial score (nSPS) is 46.7. The van der Waals surface area contributed by atoms with Crippen molar-refractivity contribution in [3.05, 3.63) is 11.6 Å². The number of fused-ring (bicyclic) bond motifs is 2. The van der Waals surface area contributed by atoms with Crippen molar-refractivity contribution in [1.29, 1.82) is 0 Å². The molecule has 2 N–H and O–H groups in total. The second kappa shape index (κ2) is 12.3. The number of epoxide rings is 1. The summed E-state index contributed by atoms with van der Waals surface area (Å²) in [4.78, 5) is 52.2. The molecule has 4 saturated heterocycles. The maximum atomic E-state index is 15.4. The third kappa shape index (κ3) is 4.36. The van der Waals surface area contributed by atoms with Gasteiger partial charge in [-0.1, -0.05) is 45.4 Å². The van der Waals surface area contributed by atoms with Gasteiger partial charge >= 0.3 is 11.9 Å². The molecule has 10 rings (SSSR count). The molecule has 11 unspecified atom stereocenters. The number of rotatable bonds is 9. The van der Waals surface area contributed by atoms with Gasteiger partial charge in [0, 0.05) is 34.5 Å². The average Bonchev–Trinajstić information content (AvgIpc) is 3.83. The van der Waals surface area contributed by atoms with E-state index in [9.17, 15) is 14.7 Å². The van der Waals surface area contributed by atoms with Crippen LogP contribution in [0, 0.1) is 39.4 Å². The van der Waals surface area contributed by atoms with Gasteiger partial charge in [0.1, 0.15) is 30.8 Å². The van der Waals surface area contributed by atoms with Crippen LogP contribution >= 0.6 is 0 Å². The molecule has 3 spiro atoms. The molecule has 11 atom stereocenters. The summed E-state index contributed by atoms with van der Waals surface area (Å²) in [6, 6.07) is 0. The number of carbonyl (C=O) groups is 3. The number of esters is 2. The van der Waals surface area contributed by atoms with Crippen molar-refractivity contribution in [2.24, 2.45) is 49.4 Å². The van der Waals surface area contributed by atoms with E-state index in [1.807, 2.05) is 13.8 Å². The molecule has 0 bridgehead atoms. The molecule has 11 nitrogen and oxygen atoms in total. The fraction of sp³-hybridized carbons (Fsp3) is 0.837. The van der Waals surface area contributed by atoms with Crippen molar-refractivity contribution < 1.29 is 43.2 Å². The Labute approximate surface area is 318 Å². The Balaban J connectivity index is 1.02. The maximum Gasteiger partial charge on any atom is 0.339 e. The van der Waals surface area contributed by atoms with Crippen LogP contribution in [0.2, 0.25) is 0 Å². The van der Waals surface area contributed by atoms with E-state index in [1.165, 1.54) is 5.71 Å². The van der Waals surface area contributed by atoms with E-state index in [0.717, 1.165) is 89.2 Å². The van der Waals surface area contributed by atoms with Crippen molar-refractivity contribution in [3.8, 4) is 0 Å². The third-order valence-corrected chi connectivity index (χ3v) is 17.0. The van der Waals surface area contributed by atoms with E-state index in [4.69, 9.17) is 23.7 Å². The van der Waals surface area contributed by atoms with Crippen LogP contribution in [0.3, 0.4) is 0 Å². The molecule has 10 aliphatic rings. The van der Waals surface area contributed by atoms with E-state index < -0.39 is 63.2 Å². The molecule has 54 heavy (non-hydrogen) atoms. The Morgan fingerprint density at radius 2 is 1.70 bits per heavy atom. The Kier molecular flexibility index (Phi) is 8.16. The van der Waals surface area contributed by atoms with Crippen molar-refractivity contribution in [3.63, 3.8) is 0 Å². The number of ether oxygens (including phenoxy) is 5. The lowest BCUT2D eigenvalue weighted by molar-refractivity contribution is -0.279. The second-order valence-electron chi connectivity index (χ2n) is 19.6. The molecule has 4 saturated carbocycles. The minimum atomic E-state index is -1.34. The highest BCUT2D eigenvalue weighted by Crippen LogP contribution is 2.82. The van der Waals surface area contributed by atoms with Crippen LogP contribution < -0.4 is 0 Å². The van der Waals surface area contributed by atoms with Crippen LogP contribution in [0.1, 0.15) is 124 Å². The number of Topliss-reactive ketones (excluding diaryl/α,β-unsaturated/α-hetero) is 1. The van der Waals surface area contributed by atoms with E-state index in [0.29, 0.717) is 32.3 Å². The van der Waals surface area contributed by atoms with Gasteiger partial charge in [-0.05, 0) is 83.5 Å². The first-order chi connectivity index (χ1) is 26.0. The standard InChI is InChI=1S/C43H58N2O9/c1-38(2)31-30(46)32(47)42(25-12-8-9-13-25)29(41(31)23-51-37(49)40(36(41)54-38)18-10-11-19-40)16-20-39(3)33(52-35(48)34-43(39,42)53-34)27-17-21-50-28(27)15-7-5-4-6-14-26-22-44-24-45-26/h17,24-25,28-29,31-34,36,47H,4-16,18-23H2,1-3H3/p+1. The molecule has 4 aliphatic carbocycles. The first-order valence-corrected chi connectivity index (χ1v) is 21.3. The lowest BCUT2D eigenvalue weighted by Gasteiger charge is -2.70. The quantitative estimate of drug-likeness (QED) is 0.112. The summed E-state index contributed by atoms with van der Waals surface area (Å²) in [5.74, 6) is -1.72. The Morgan fingerprint density at radius 1 is 0.926 bits per heavy atom. The third-order valence-electron chi connectivity index (χ3n) is 17.0. The van der Waals surface area contributed by atoms with Gasteiger partial charge in [0.25, 0.3) is 0 Å². The maximum absolute atomic E-state index is 15.4. The monoisotopic (exact) mass is 747 g/mol. The minimum Gasteiger partial charge on any atom is -0.464 e. The Hall–Kier alpha value is -2.47. The molecule has 0 aromatic carbocycles. The summed E-state index contributed by atoms with van der Waals surface area (Å²) < 4.78 is 32.0. The van der Waals surface area contributed by atoms with Gasteiger partial charge in [0.15, 0.2) is 24.6 Å². The van der Waals surface area contributed by atoms with Gasteiger partial charge in [0.05, 0.1) is 35.2 Å². The molecular weight excluding hydrogens is 688 g/mol. The lowest BCUT2D eigenvalue weighted by atomic mass is 9.32.